The van der Waals surface area contributed by atoms with Gasteiger partial charge >= 0.3 is 0 Å². The molecule has 66 heavy (non-hydrogen) atoms. The molecule has 310 valence electrons. The minimum atomic E-state index is -0.457. The number of anilines is 2. The Hall–Kier alpha value is -8.40. The first kappa shape index (κ1) is 37.0. The molecule has 0 saturated carbocycles. The third-order valence-corrected chi connectivity index (χ3v) is 14.6. The van der Waals surface area contributed by atoms with Crippen molar-refractivity contribution in [2.45, 2.75) is 11.3 Å². The van der Waals surface area contributed by atoms with Gasteiger partial charge in [0.2, 0.25) is 0 Å². The van der Waals surface area contributed by atoms with E-state index in [1.165, 1.54) is 27.6 Å². The lowest BCUT2D eigenvalue weighted by molar-refractivity contribution is 0.454. The number of fused-ring (bicyclic) bond motifs is 12. The number of allylic oxidation sites excluding steroid dienone is 3. The zero-order chi connectivity index (χ0) is 43.3. The molecule has 2 aromatic heterocycles. The number of nitrogens with zero attached hydrogens (tertiary/aromatic N) is 1. The lowest BCUT2D eigenvalue weighted by Gasteiger charge is -2.40. The summed E-state index contributed by atoms with van der Waals surface area (Å²) in [6, 6.07) is 79.3. The van der Waals surface area contributed by atoms with Gasteiger partial charge in [0.05, 0.1) is 22.2 Å². The van der Waals surface area contributed by atoms with E-state index in [0.29, 0.717) is 0 Å². The van der Waals surface area contributed by atoms with E-state index in [1.807, 2.05) is 0 Å². The Morgan fingerprint density at radius 2 is 1.06 bits per heavy atom. The first-order valence-electron chi connectivity index (χ1n) is 22.9. The second kappa shape index (κ2) is 14.3. The van der Waals surface area contributed by atoms with E-state index in [9.17, 15) is 0 Å². The summed E-state index contributed by atoms with van der Waals surface area (Å²) < 4.78 is 13.8. The number of rotatable bonds is 6. The fourth-order valence-electron chi connectivity index (χ4n) is 11.8. The van der Waals surface area contributed by atoms with E-state index in [1.54, 1.807) is 0 Å². The average molecular weight is 844 g/mol. The SMILES string of the molecule is C1=CC2c3ccccc3C(c3ccccc3)(c3ccccc3)C2C=C1N(c1ccccc1-c1cccc2c1oc1cc3ccccc3cc12)c1cccc2oc3c4ccccc4ccc3c12. The molecule has 3 nitrogen and oxygen atoms in total. The third kappa shape index (κ3) is 5.26. The molecule has 10 aromatic carbocycles. The standard InChI is InChI=1S/C63H41NO2/c1-3-20-43(21-4-1)63(44-22-5-2-6-23-44)54-29-13-11-25-47(54)48-36-34-45(39-55(48)63)64(57-31-16-32-58-60(57)52-35-33-40-17-9-10-24-46(40)61(52)65-58)56-30-14-12-26-49(56)50-27-15-28-51-53-37-41-18-7-8-19-42(41)38-59(53)66-62(50)51/h1-39,48,55H. The maximum Gasteiger partial charge on any atom is 0.143 e. The monoisotopic (exact) mass is 843 g/mol. The van der Waals surface area contributed by atoms with Crippen molar-refractivity contribution in [3.63, 3.8) is 0 Å². The van der Waals surface area contributed by atoms with Crippen molar-refractivity contribution in [1.82, 2.24) is 0 Å². The van der Waals surface area contributed by atoms with Gasteiger partial charge in [-0.1, -0.05) is 194 Å². The van der Waals surface area contributed by atoms with E-state index in [2.05, 4.69) is 242 Å². The largest absolute Gasteiger partial charge is 0.455 e. The molecule has 0 aliphatic heterocycles. The molecule has 12 aromatic rings. The van der Waals surface area contributed by atoms with Crippen LogP contribution in [0.1, 0.15) is 28.2 Å². The van der Waals surface area contributed by atoms with Gasteiger partial charge in [0.1, 0.15) is 22.3 Å². The predicted molar refractivity (Wildman–Crippen MR) is 273 cm³/mol. The maximum atomic E-state index is 6.94. The molecule has 2 unspecified atom stereocenters. The van der Waals surface area contributed by atoms with Crippen LogP contribution in [0.5, 0.6) is 0 Å². The Morgan fingerprint density at radius 1 is 0.424 bits per heavy atom. The normalized spacial score (nSPS) is 16.3. The quantitative estimate of drug-likeness (QED) is 0.167. The van der Waals surface area contributed by atoms with Crippen LogP contribution >= 0.6 is 0 Å². The molecule has 2 heterocycles. The zero-order valence-electron chi connectivity index (χ0n) is 35.9. The molecule has 3 heteroatoms. The van der Waals surface area contributed by atoms with Crippen LogP contribution in [0.2, 0.25) is 0 Å². The van der Waals surface area contributed by atoms with Gasteiger partial charge in [-0.15, -0.1) is 0 Å². The molecule has 2 atom stereocenters. The minimum Gasteiger partial charge on any atom is -0.455 e. The lowest BCUT2D eigenvalue weighted by atomic mass is 9.63. The topological polar surface area (TPSA) is 29.5 Å². The highest BCUT2D eigenvalue weighted by atomic mass is 16.3. The molecular formula is C63H41NO2. The van der Waals surface area contributed by atoms with Crippen molar-refractivity contribution >= 4 is 76.8 Å². The molecule has 0 N–H and O–H groups in total. The number of furan rings is 2. The highest BCUT2D eigenvalue weighted by Gasteiger charge is 2.53. The first-order chi connectivity index (χ1) is 32.7. The summed E-state index contributed by atoms with van der Waals surface area (Å²) in [4.78, 5) is 2.49. The van der Waals surface area contributed by atoms with Crippen molar-refractivity contribution in [2.24, 2.45) is 5.92 Å². The van der Waals surface area contributed by atoms with Crippen LogP contribution in [-0.4, -0.2) is 0 Å². The Balaban J connectivity index is 1.06. The van der Waals surface area contributed by atoms with Crippen LogP contribution in [0.15, 0.2) is 251 Å². The summed E-state index contributed by atoms with van der Waals surface area (Å²) in [6.07, 6.45) is 7.41. The third-order valence-electron chi connectivity index (χ3n) is 14.6. The highest BCUT2D eigenvalue weighted by Crippen LogP contribution is 2.61. The second-order valence-corrected chi connectivity index (χ2v) is 17.9. The molecule has 14 rings (SSSR count). The van der Waals surface area contributed by atoms with Gasteiger partial charge in [-0.3, -0.25) is 0 Å². The Morgan fingerprint density at radius 3 is 1.89 bits per heavy atom. The van der Waals surface area contributed by atoms with Crippen molar-refractivity contribution in [2.75, 3.05) is 4.90 Å². The van der Waals surface area contributed by atoms with Gasteiger partial charge in [-0.2, -0.15) is 0 Å². The molecule has 2 aliphatic rings. The summed E-state index contributed by atoms with van der Waals surface area (Å²) in [5.74, 6) is 0.200. The van der Waals surface area contributed by atoms with Crippen LogP contribution < -0.4 is 4.90 Å². The molecule has 0 saturated heterocycles. The van der Waals surface area contributed by atoms with E-state index in [0.717, 1.165) is 88.2 Å². The van der Waals surface area contributed by atoms with Gasteiger partial charge < -0.3 is 13.7 Å². The van der Waals surface area contributed by atoms with E-state index in [4.69, 9.17) is 8.83 Å². The Bertz CT molecular complexity index is 3930. The molecule has 0 amide bonds. The zero-order valence-corrected chi connectivity index (χ0v) is 35.9. The molecule has 0 bridgehead atoms. The van der Waals surface area contributed by atoms with Gasteiger partial charge in [-0.25, -0.2) is 0 Å². The Kier molecular flexibility index (Phi) is 8.02. The van der Waals surface area contributed by atoms with Crippen molar-refractivity contribution in [3.05, 3.63) is 265 Å². The van der Waals surface area contributed by atoms with E-state index >= 15 is 0 Å². The summed E-state index contributed by atoms with van der Waals surface area (Å²) in [5.41, 5.74) is 13.6. The molecule has 2 aliphatic carbocycles. The minimum absolute atomic E-state index is 0.0477. The van der Waals surface area contributed by atoms with Crippen LogP contribution in [0, 0.1) is 5.92 Å². The highest BCUT2D eigenvalue weighted by molar-refractivity contribution is 6.20. The summed E-state index contributed by atoms with van der Waals surface area (Å²) >= 11 is 0. The fraction of sp³-hybridized carbons (Fsp3) is 0.0476. The smallest absolute Gasteiger partial charge is 0.143 e. The van der Waals surface area contributed by atoms with Gasteiger partial charge in [0.15, 0.2) is 0 Å². The molecular weight excluding hydrogens is 803 g/mol. The number of hydrogen-bond acceptors (Lipinski definition) is 3. The Labute approximate surface area is 381 Å². The van der Waals surface area contributed by atoms with Crippen LogP contribution in [0.4, 0.5) is 11.4 Å². The first-order valence-corrected chi connectivity index (χ1v) is 22.9. The number of para-hydroxylation sites is 2. The molecule has 0 radical (unpaired) electrons. The van der Waals surface area contributed by atoms with Gasteiger partial charge in [0, 0.05) is 50.2 Å². The van der Waals surface area contributed by atoms with Gasteiger partial charge in [0.25, 0.3) is 0 Å². The second-order valence-electron chi connectivity index (χ2n) is 17.9. The van der Waals surface area contributed by atoms with Crippen LogP contribution in [0.25, 0.3) is 76.5 Å². The van der Waals surface area contributed by atoms with Crippen molar-refractivity contribution in [1.29, 1.82) is 0 Å². The summed E-state index contributed by atoms with van der Waals surface area (Å²) in [5, 5.41) is 9.00. The fourth-order valence-corrected chi connectivity index (χ4v) is 11.8. The van der Waals surface area contributed by atoms with E-state index < -0.39 is 5.41 Å². The van der Waals surface area contributed by atoms with E-state index in [-0.39, 0.29) is 11.8 Å². The maximum absolute atomic E-state index is 6.94. The average Bonchev–Trinajstić information content (AvgIpc) is 4.05. The van der Waals surface area contributed by atoms with Crippen molar-refractivity contribution in [3.8, 4) is 11.1 Å². The van der Waals surface area contributed by atoms with Crippen LogP contribution in [0.3, 0.4) is 0 Å². The summed E-state index contributed by atoms with van der Waals surface area (Å²) in [7, 11) is 0. The summed E-state index contributed by atoms with van der Waals surface area (Å²) in [6.45, 7) is 0. The number of hydrogen-bond donors (Lipinski definition) is 0. The van der Waals surface area contributed by atoms with Gasteiger partial charge in [-0.05, 0) is 80.9 Å². The number of benzene rings is 10. The molecule has 0 spiro atoms. The lowest BCUT2D eigenvalue weighted by Crippen LogP contribution is -2.36. The van der Waals surface area contributed by atoms with Crippen LogP contribution in [-0.2, 0) is 5.41 Å². The molecule has 0 fully saturated rings. The van der Waals surface area contributed by atoms with Crippen molar-refractivity contribution < 1.29 is 8.83 Å². The predicted octanol–water partition coefficient (Wildman–Crippen LogP) is 16.8.